The largest absolute Gasteiger partial charge is 0.0804 e. The molecule has 39 heavy (non-hydrogen) atoms. The molecule has 218 valence electrons. The van der Waals surface area contributed by atoms with Gasteiger partial charge in [-0.25, -0.2) is 0 Å². The van der Waals surface area contributed by atoms with Crippen molar-refractivity contribution in [3.63, 3.8) is 0 Å². The van der Waals surface area contributed by atoms with Gasteiger partial charge in [0, 0.05) is 17.3 Å². The van der Waals surface area contributed by atoms with E-state index in [0.717, 1.165) is 6.42 Å². The lowest BCUT2D eigenvalue weighted by Gasteiger charge is -2.35. The van der Waals surface area contributed by atoms with E-state index in [1.807, 2.05) is 0 Å². The fourth-order valence-corrected chi connectivity index (χ4v) is 4.80. The average molecular weight is 531 g/mol. The standard InChI is InChI=1S/3C10H16.C9H14/c1-8-5-6-9(7-8)10(2,3)4;1-9(2,3)10(4)7-5-6-8-10;1-8-6-5-7-9(8)10(2,3)4;1-9(2,3)8-6-4-5-7-8/h5-7,9H,1-4H3;5-8H,1-4H3;5-7,9H,1-4H3;4-6H,7H2,1-3H3. The third kappa shape index (κ3) is 11.5. The predicted molar refractivity (Wildman–Crippen MR) is 179 cm³/mol. The Morgan fingerprint density at radius 1 is 0.692 bits per heavy atom. The van der Waals surface area contributed by atoms with Gasteiger partial charge in [-0.15, -0.1) is 0 Å². The molecule has 2 atom stereocenters. The molecule has 0 saturated heterocycles. The van der Waals surface area contributed by atoms with E-state index < -0.39 is 0 Å². The van der Waals surface area contributed by atoms with Crippen molar-refractivity contribution in [2.24, 2.45) is 38.9 Å². The molecule has 0 saturated carbocycles. The normalized spacial score (nSPS) is 22.8. The summed E-state index contributed by atoms with van der Waals surface area (Å²) >= 11 is 0. The lowest BCUT2D eigenvalue weighted by Crippen LogP contribution is -2.27. The molecule has 0 aliphatic heterocycles. The summed E-state index contributed by atoms with van der Waals surface area (Å²) in [5.41, 5.74) is 6.23. The molecule has 0 nitrogen and oxygen atoms in total. The minimum Gasteiger partial charge on any atom is -0.0804 e. The fraction of sp³-hybridized carbons (Fsp3) is 0.590. The van der Waals surface area contributed by atoms with Crippen molar-refractivity contribution in [1.82, 2.24) is 0 Å². The molecule has 0 aromatic carbocycles. The van der Waals surface area contributed by atoms with Gasteiger partial charge < -0.3 is 0 Å². The Bertz CT molecular complexity index is 1020. The summed E-state index contributed by atoms with van der Waals surface area (Å²) in [6.07, 6.45) is 30.0. The fourth-order valence-electron chi connectivity index (χ4n) is 4.80. The second kappa shape index (κ2) is 13.5. The second-order valence-electron chi connectivity index (χ2n) is 16.1. The van der Waals surface area contributed by atoms with E-state index in [9.17, 15) is 0 Å². The molecule has 0 heteroatoms. The lowest BCUT2D eigenvalue weighted by atomic mass is 9.69. The molecule has 0 amide bonds. The second-order valence-corrected chi connectivity index (χ2v) is 16.1. The molecule has 0 heterocycles. The zero-order chi connectivity index (χ0) is 30.3. The molecule has 0 aromatic rings. The molecule has 4 aliphatic rings. The smallest absolute Gasteiger partial charge is 0.00873 e. The van der Waals surface area contributed by atoms with E-state index >= 15 is 0 Å². The van der Waals surface area contributed by atoms with E-state index in [-0.39, 0.29) is 5.41 Å². The van der Waals surface area contributed by atoms with Crippen LogP contribution in [0.1, 0.15) is 110 Å². The summed E-state index contributed by atoms with van der Waals surface area (Å²) in [6.45, 7) is 33.9. The number of allylic oxidation sites excluding steroid dienone is 16. The predicted octanol–water partition coefficient (Wildman–Crippen LogP) is 12.4. The van der Waals surface area contributed by atoms with Gasteiger partial charge in [0.05, 0.1) is 0 Å². The van der Waals surface area contributed by atoms with Crippen molar-refractivity contribution >= 4 is 0 Å². The molecule has 0 bridgehead atoms. The average Bonchev–Trinajstić information content (AvgIpc) is 3.55. The van der Waals surface area contributed by atoms with Gasteiger partial charge in [0.25, 0.3) is 0 Å². The first-order valence-electron chi connectivity index (χ1n) is 15.0. The van der Waals surface area contributed by atoms with E-state index in [1.54, 1.807) is 5.57 Å². The summed E-state index contributed by atoms with van der Waals surface area (Å²) in [5.74, 6) is 1.31. The van der Waals surface area contributed by atoms with Crippen LogP contribution < -0.4 is 0 Å². The summed E-state index contributed by atoms with van der Waals surface area (Å²) in [7, 11) is 0. The summed E-state index contributed by atoms with van der Waals surface area (Å²) in [5, 5.41) is 0. The van der Waals surface area contributed by atoms with Crippen LogP contribution in [0.15, 0.2) is 95.7 Å². The van der Waals surface area contributed by atoms with Crippen LogP contribution in [-0.2, 0) is 0 Å². The molecule has 0 aromatic heterocycles. The first-order valence-corrected chi connectivity index (χ1v) is 15.0. The minimum absolute atomic E-state index is 0.271. The van der Waals surface area contributed by atoms with E-state index in [1.165, 1.54) is 11.1 Å². The van der Waals surface area contributed by atoms with Crippen LogP contribution in [0.4, 0.5) is 0 Å². The summed E-state index contributed by atoms with van der Waals surface area (Å²) in [4.78, 5) is 0. The minimum atomic E-state index is 0.271. The third-order valence-electron chi connectivity index (χ3n) is 8.44. The topological polar surface area (TPSA) is 0 Å². The van der Waals surface area contributed by atoms with E-state index in [4.69, 9.17) is 0 Å². The van der Waals surface area contributed by atoms with Gasteiger partial charge in [-0.3, -0.25) is 0 Å². The highest BCUT2D eigenvalue weighted by molar-refractivity contribution is 5.29. The highest BCUT2D eigenvalue weighted by Crippen LogP contribution is 2.43. The monoisotopic (exact) mass is 530 g/mol. The Morgan fingerprint density at radius 3 is 1.46 bits per heavy atom. The van der Waals surface area contributed by atoms with Crippen LogP contribution in [0, 0.1) is 38.9 Å². The molecule has 0 fully saturated rings. The lowest BCUT2D eigenvalue weighted by molar-refractivity contribution is 0.231. The molecule has 4 rings (SSSR count). The van der Waals surface area contributed by atoms with Crippen LogP contribution in [0.25, 0.3) is 0 Å². The Morgan fingerprint density at radius 2 is 1.26 bits per heavy atom. The molecular weight excluding hydrogens is 468 g/mol. The van der Waals surface area contributed by atoms with Crippen molar-refractivity contribution in [2.75, 3.05) is 0 Å². The van der Waals surface area contributed by atoms with Crippen LogP contribution in [0.2, 0.25) is 0 Å². The van der Waals surface area contributed by atoms with Gasteiger partial charge in [0.2, 0.25) is 0 Å². The molecule has 4 aliphatic carbocycles. The summed E-state index contributed by atoms with van der Waals surface area (Å²) < 4.78 is 0. The maximum absolute atomic E-state index is 2.33. The first-order chi connectivity index (χ1) is 17.6. The highest BCUT2D eigenvalue weighted by Gasteiger charge is 2.33. The van der Waals surface area contributed by atoms with E-state index in [0.29, 0.717) is 33.5 Å². The van der Waals surface area contributed by atoms with Crippen LogP contribution >= 0.6 is 0 Å². The van der Waals surface area contributed by atoms with Gasteiger partial charge in [-0.1, -0.05) is 186 Å². The molecule has 0 N–H and O–H groups in total. The van der Waals surface area contributed by atoms with Crippen LogP contribution in [0.3, 0.4) is 0 Å². The zero-order valence-electron chi connectivity index (χ0n) is 28.4. The van der Waals surface area contributed by atoms with Gasteiger partial charge in [-0.2, -0.15) is 0 Å². The van der Waals surface area contributed by atoms with E-state index in [2.05, 4.69) is 183 Å². The third-order valence-corrected chi connectivity index (χ3v) is 8.44. The number of rotatable bonds is 0. The zero-order valence-corrected chi connectivity index (χ0v) is 28.4. The van der Waals surface area contributed by atoms with Crippen LogP contribution in [-0.4, -0.2) is 0 Å². The first kappa shape index (κ1) is 34.9. The number of hydrogen-bond acceptors (Lipinski definition) is 0. The van der Waals surface area contributed by atoms with Crippen molar-refractivity contribution in [3.05, 3.63) is 95.7 Å². The van der Waals surface area contributed by atoms with Gasteiger partial charge in [0.1, 0.15) is 0 Å². The molecule has 0 radical (unpaired) electrons. The SMILES string of the molecule is CC(C)(C)C1(C)C=CC=C1.CC(C)(C)C1=CC=CC1.CC1=CC(C(C)(C)C)C=C1.CC1=CC=CC1C(C)(C)C. The van der Waals surface area contributed by atoms with Gasteiger partial charge >= 0.3 is 0 Å². The maximum atomic E-state index is 2.33. The maximum Gasteiger partial charge on any atom is 0.00873 e. The molecular formula is C39H62. The Balaban J connectivity index is 0.000000260. The Labute approximate surface area is 244 Å². The van der Waals surface area contributed by atoms with Crippen molar-refractivity contribution in [3.8, 4) is 0 Å². The van der Waals surface area contributed by atoms with Crippen molar-refractivity contribution < 1.29 is 0 Å². The number of hydrogen-bond donors (Lipinski definition) is 0. The quantitative estimate of drug-likeness (QED) is 0.292. The van der Waals surface area contributed by atoms with Gasteiger partial charge in [0.15, 0.2) is 0 Å². The summed E-state index contributed by atoms with van der Waals surface area (Å²) in [6, 6.07) is 0. The van der Waals surface area contributed by atoms with Crippen LogP contribution in [0.5, 0.6) is 0 Å². The van der Waals surface area contributed by atoms with Crippen molar-refractivity contribution in [2.45, 2.75) is 110 Å². The Kier molecular flexibility index (Phi) is 12.1. The highest BCUT2D eigenvalue weighted by atomic mass is 14.4. The molecule has 2 unspecified atom stereocenters. The van der Waals surface area contributed by atoms with Crippen molar-refractivity contribution in [1.29, 1.82) is 0 Å². The van der Waals surface area contributed by atoms with Gasteiger partial charge in [-0.05, 0) is 41.9 Å². The molecule has 0 spiro atoms. The Hall–Kier alpha value is -2.08.